The fraction of sp³-hybridized carbons (Fsp3) is 0.667. The van der Waals surface area contributed by atoms with Crippen molar-refractivity contribution in [1.82, 2.24) is 14.9 Å². The van der Waals surface area contributed by atoms with Crippen LogP contribution >= 0.6 is 0 Å². The van der Waals surface area contributed by atoms with Gasteiger partial charge in [0.2, 0.25) is 15.9 Å². The van der Waals surface area contributed by atoms with E-state index in [4.69, 9.17) is 0 Å². The number of nitrogens with one attached hydrogen (secondary N) is 2. The topological polar surface area (TPSA) is 78.5 Å². The Balaban J connectivity index is 1.87. The van der Waals surface area contributed by atoms with E-state index in [9.17, 15) is 13.2 Å². The molecule has 1 atom stereocenters. The zero-order valence-corrected chi connectivity index (χ0v) is 18.4. The number of nitrogens with zero attached hydrogens (tertiary/aromatic N) is 1. The molecule has 1 aliphatic carbocycles. The van der Waals surface area contributed by atoms with Gasteiger partial charge in [-0.3, -0.25) is 4.79 Å². The van der Waals surface area contributed by atoms with Crippen LogP contribution in [-0.2, 0) is 14.8 Å². The summed E-state index contributed by atoms with van der Waals surface area (Å²) in [4.78, 5) is 12.5. The second-order valence-electron chi connectivity index (χ2n) is 7.79. The second-order valence-corrected chi connectivity index (χ2v) is 9.72. The first-order chi connectivity index (χ1) is 13.3. The molecule has 1 aromatic rings. The van der Waals surface area contributed by atoms with Crippen LogP contribution in [-0.4, -0.2) is 44.3 Å². The van der Waals surface area contributed by atoms with E-state index in [1.807, 2.05) is 32.9 Å². The van der Waals surface area contributed by atoms with Crippen molar-refractivity contribution in [3.8, 4) is 0 Å². The van der Waals surface area contributed by atoms with Crippen LogP contribution in [0.4, 0.5) is 0 Å². The van der Waals surface area contributed by atoms with E-state index < -0.39 is 10.0 Å². The molecular formula is C21H35N3O3S. The summed E-state index contributed by atoms with van der Waals surface area (Å²) in [5, 5.41) is 6.34. The first kappa shape index (κ1) is 22.8. The van der Waals surface area contributed by atoms with Gasteiger partial charge >= 0.3 is 0 Å². The number of sulfonamides is 1. The zero-order valence-electron chi connectivity index (χ0n) is 17.6. The molecule has 2 rings (SSSR count). The summed E-state index contributed by atoms with van der Waals surface area (Å²) in [6.07, 6.45) is 4.48. The standard InChI is InChI=1S/C21H35N3O3S/c1-5-24(6-2)28(26,27)20-13-9-18(10-14-20)17(4)22-15-21(25)23-19-11-7-16(3)8-12-19/h9-10,13-14,16-17,19,22H,5-8,11-12,15H2,1-4H3,(H,23,25)/t16?,17-,19?/m0/s1. The highest BCUT2D eigenvalue weighted by Crippen LogP contribution is 2.23. The molecule has 0 aromatic heterocycles. The third-order valence-corrected chi connectivity index (χ3v) is 7.74. The van der Waals surface area contributed by atoms with Crippen molar-refractivity contribution >= 4 is 15.9 Å². The lowest BCUT2D eigenvalue weighted by molar-refractivity contribution is -0.121. The number of carbonyl (C=O) groups is 1. The van der Waals surface area contributed by atoms with E-state index in [2.05, 4.69) is 17.6 Å². The molecule has 1 aromatic carbocycles. The normalized spacial score (nSPS) is 21.5. The summed E-state index contributed by atoms with van der Waals surface area (Å²) in [6.45, 7) is 9.07. The maximum absolute atomic E-state index is 12.6. The van der Waals surface area contributed by atoms with Gasteiger partial charge in [-0.2, -0.15) is 4.31 Å². The van der Waals surface area contributed by atoms with Crippen LogP contribution in [0.2, 0.25) is 0 Å². The number of benzene rings is 1. The molecule has 0 aliphatic heterocycles. The Morgan fingerprint density at radius 2 is 1.68 bits per heavy atom. The Bertz CT molecular complexity index is 722. The third kappa shape index (κ3) is 6.03. The summed E-state index contributed by atoms with van der Waals surface area (Å²) < 4.78 is 26.6. The zero-order chi connectivity index (χ0) is 20.7. The molecule has 2 N–H and O–H groups in total. The lowest BCUT2D eigenvalue weighted by Crippen LogP contribution is -2.42. The van der Waals surface area contributed by atoms with Crippen LogP contribution in [0.1, 0.15) is 65.0 Å². The Kier molecular flexibility index (Phi) is 8.46. The SMILES string of the molecule is CCN(CC)S(=O)(=O)c1ccc([C@H](C)NCC(=O)NC2CCC(C)CC2)cc1. The summed E-state index contributed by atoms with van der Waals surface area (Å²) >= 11 is 0. The maximum Gasteiger partial charge on any atom is 0.243 e. The summed E-state index contributed by atoms with van der Waals surface area (Å²) in [6, 6.07) is 7.17. The second kappa shape index (κ2) is 10.4. The van der Waals surface area contributed by atoms with Crippen LogP contribution in [0.5, 0.6) is 0 Å². The Labute approximate surface area is 170 Å². The monoisotopic (exact) mass is 409 g/mol. The highest BCUT2D eigenvalue weighted by molar-refractivity contribution is 7.89. The molecule has 0 radical (unpaired) electrons. The van der Waals surface area contributed by atoms with Crippen LogP contribution in [0.15, 0.2) is 29.2 Å². The van der Waals surface area contributed by atoms with Gasteiger partial charge in [-0.1, -0.05) is 32.9 Å². The Hall–Kier alpha value is -1.44. The van der Waals surface area contributed by atoms with Crippen molar-refractivity contribution in [2.45, 2.75) is 70.4 Å². The lowest BCUT2D eigenvalue weighted by atomic mass is 9.87. The molecule has 0 heterocycles. The van der Waals surface area contributed by atoms with Crippen molar-refractivity contribution in [2.75, 3.05) is 19.6 Å². The average molecular weight is 410 g/mol. The molecule has 0 unspecified atom stereocenters. The Morgan fingerprint density at radius 3 is 2.21 bits per heavy atom. The smallest absolute Gasteiger partial charge is 0.243 e. The van der Waals surface area contributed by atoms with Gasteiger partial charge < -0.3 is 10.6 Å². The van der Waals surface area contributed by atoms with E-state index in [1.165, 1.54) is 17.1 Å². The van der Waals surface area contributed by atoms with Gasteiger partial charge in [-0.25, -0.2) is 8.42 Å². The fourth-order valence-corrected chi connectivity index (χ4v) is 5.15. The highest BCUT2D eigenvalue weighted by Gasteiger charge is 2.22. The summed E-state index contributed by atoms with van der Waals surface area (Å²) in [5.74, 6) is 0.784. The molecule has 0 saturated heterocycles. The number of rotatable bonds is 9. The van der Waals surface area contributed by atoms with Gasteiger partial charge in [0.1, 0.15) is 0 Å². The van der Waals surface area contributed by atoms with E-state index in [0.29, 0.717) is 24.0 Å². The number of carbonyl (C=O) groups excluding carboxylic acids is 1. The number of hydrogen-bond donors (Lipinski definition) is 2. The van der Waals surface area contributed by atoms with Crippen LogP contribution < -0.4 is 10.6 Å². The first-order valence-corrected chi connectivity index (χ1v) is 11.8. The maximum atomic E-state index is 12.6. The van der Waals surface area contributed by atoms with E-state index >= 15 is 0 Å². The van der Waals surface area contributed by atoms with Crippen LogP contribution in [0.3, 0.4) is 0 Å². The van der Waals surface area contributed by atoms with Gasteiger partial charge in [-0.05, 0) is 56.2 Å². The minimum absolute atomic E-state index is 0.0205. The van der Waals surface area contributed by atoms with Crippen molar-refractivity contribution in [3.05, 3.63) is 29.8 Å². The minimum atomic E-state index is -3.44. The van der Waals surface area contributed by atoms with Gasteiger partial charge in [0.25, 0.3) is 0 Å². The molecule has 6 nitrogen and oxygen atoms in total. The van der Waals surface area contributed by atoms with Gasteiger partial charge in [0, 0.05) is 25.2 Å². The molecule has 7 heteroatoms. The fourth-order valence-electron chi connectivity index (χ4n) is 3.69. The molecule has 1 fully saturated rings. The summed E-state index contributed by atoms with van der Waals surface area (Å²) in [7, 11) is -3.44. The highest BCUT2D eigenvalue weighted by atomic mass is 32.2. The molecule has 28 heavy (non-hydrogen) atoms. The lowest BCUT2D eigenvalue weighted by Gasteiger charge is -2.27. The first-order valence-electron chi connectivity index (χ1n) is 10.4. The van der Waals surface area contributed by atoms with E-state index in [-0.39, 0.29) is 18.5 Å². The van der Waals surface area contributed by atoms with E-state index in [1.54, 1.807) is 12.1 Å². The third-order valence-electron chi connectivity index (χ3n) is 5.67. The summed E-state index contributed by atoms with van der Waals surface area (Å²) in [5.41, 5.74) is 0.956. The van der Waals surface area contributed by atoms with Crippen molar-refractivity contribution in [1.29, 1.82) is 0 Å². The molecule has 0 bridgehead atoms. The largest absolute Gasteiger partial charge is 0.352 e. The predicted octanol–water partition coefficient (Wildman–Crippen LogP) is 3.06. The van der Waals surface area contributed by atoms with Crippen LogP contribution in [0.25, 0.3) is 0 Å². The van der Waals surface area contributed by atoms with Gasteiger partial charge in [-0.15, -0.1) is 0 Å². The molecule has 158 valence electrons. The molecule has 1 saturated carbocycles. The molecule has 1 aliphatic rings. The van der Waals surface area contributed by atoms with Crippen molar-refractivity contribution in [2.24, 2.45) is 5.92 Å². The minimum Gasteiger partial charge on any atom is -0.352 e. The molecule has 0 spiro atoms. The predicted molar refractivity (Wildman–Crippen MR) is 113 cm³/mol. The van der Waals surface area contributed by atoms with Gasteiger partial charge in [0.15, 0.2) is 0 Å². The van der Waals surface area contributed by atoms with Crippen molar-refractivity contribution < 1.29 is 13.2 Å². The Morgan fingerprint density at radius 1 is 1.11 bits per heavy atom. The number of amides is 1. The quantitative estimate of drug-likeness (QED) is 0.657. The molecule has 1 amide bonds. The van der Waals surface area contributed by atoms with Crippen LogP contribution in [0, 0.1) is 5.92 Å². The average Bonchev–Trinajstić information content (AvgIpc) is 2.68. The van der Waals surface area contributed by atoms with Crippen molar-refractivity contribution in [3.63, 3.8) is 0 Å². The van der Waals surface area contributed by atoms with Gasteiger partial charge in [0.05, 0.1) is 11.4 Å². The number of hydrogen-bond acceptors (Lipinski definition) is 4. The van der Waals surface area contributed by atoms with E-state index in [0.717, 1.165) is 24.3 Å². The molecular weight excluding hydrogens is 374 g/mol.